The predicted octanol–water partition coefficient (Wildman–Crippen LogP) is 5.02. The molecule has 1 N–H and O–H groups in total. The van der Waals surface area contributed by atoms with Crippen molar-refractivity contribution in [3.8, 4) is 28.4 Å². The van der Waals surface area contributed by atoms with Gasteiger partial charge in [-0.1, -0.05) is 23.7 Å². The van der Waals surface area contributed by atoms with Crippen molar-refractivity contribution in [3.05, 3.63) is 98.3 Å². The molecule has 0 fully saturated rings. The van der Waals surface area contributed by atoms with Crippen molar-refractivity contribution in [3.63, 3.8) is 0 Å². The molecule has 1 unspecified atom stereocenters. The van der Waals surface area contributed by atoms with Crippen molar-refractivity contribution in [1.82, 2.24) is 14.5 Å². The maximum atomic E-state index is 13.9. The summed E-state index contributed by atoms with van der Waals surface area (Å²) in [6, 6.07) is 9.48. The maximum absolute atomic E-state index is 13.9. The quantitative estimate of drug-likeness (QED) is 0.394. The summed E-state index contributed by atoms with van der Waals surface area (Å²) < 4.78 is 39.8. The highest BCUT2D eigenvalue weighted by Crippen LogP contribution is 2.43. The molecule has 190 valence electrons. The molecule has 5 rings (SSSR count). The third-order valence-electron chi connectivity index (χ3n) is 6.23. The number of fused-ring (bicyclic) bond motifs is 1. The lowest BCUT2D eigenvalue weighted by molar-refractivity contribution is 0.0350. The van der Waals surface area contributed by atoms with Gasteiger partial charge >= 0.3 is 0 Å². The number of hydrogen-bond donors (Lipinski definition) is 1. The molecule has 37 heavy (non-hydrogen) atoms. The fraction of sp³-hybridized carbons (Fsp3) is 0.222. The monoisotopic (exact) mass is 525 g/mol. The van der Waals surface area contributed by atoms with E-state index in [0.29, 0.717) is 40.0 Å². The zero-order valence-corrected chi connectivity index (χ0v) is 20.9. The molecule has 0 spiro atoms. The van der Waals surface area contributed by atoms with Gasteiger partial charge in [0.25, 0.3) is 5.56 Å². The van der Waals surface area contributed by atoms with Crippen LogP contribution in [-0.2, 0) is 12.2 Å². The standard InChI is InChI=1S/C27H22ClF2N3O4/c1-14-10-31-20(17-5-4-6-18-25(17)37-13-27(18,3)35)9-22(14)33-15(2)7-23(24(28)26(33)34)36-12-21-19(30)8-16(29)11-32-21/h4-11,35H,12-13H2,1-3H3. The zero-order chi connectivity index (χ0) is 26.5. The van der Waals surface area contributed by atoms with Crippen LogP contribution in [-0.4, -0.2) is 26.2 Å². The summed E-state index contributed by atoms with van der Waals surface area (Å²) in [6.07, 6.45) is 2.52. The summed E-state index contributed by atoms with van der Waals surface area (Å²) >= 11 is 6.37. The lowest BCUT2D eigenvalue weighted by Gasteiger charge is -2.17. The second-order valence-corrected chi connectivity index (χ2v) is 9.45. The van der Waals surface area contributed by atoms with Gasteiger partial charge in [0, 0.05) is 35.2 Å². The van der Waals surface area contributed by atoms with E-state index in [4.69, 9.17) is 21.1 Å². The van der Waals surface area contributed by atoms with Crippen molar-refractivity contribution in [2.24, 2.45) is 0 Å². The fourth-order valence-corrected chi connectivity index (χ4v) is 4.48. The lowest BCUT2D eigenvalue weighted by Crippen LogP contribution is -2.23. The molecule has 4 heterocycles. The van der Waals surface area contributed by atoms with Crippen LogP contribution in [0.3, 0.4) is 0 Å². The van der Waals surface area contributed by atoms with E-state index in [1.54, 1.807) is 38.2 Å². The Morgan fingerprint density at radius 3 is 2.73 bits per heavy atom. The maximum Gasteiger partial charge on any atom is 0.277 e. The molecule has 1 atom stereocenters. The molecular weight excluding hydrogens is 504 g/mol. The molecule has 0 saturated carbocycles. The van der Waals surface area contributed by atoms with Crippen molar-refractivity contribution in [2.75, 3.05) is 6.61 Å². The van der Waals surface area contributed by atoms with Gasteiger partial charge in [0.2, 0.25) is 0 Å². The Bertz CT molecular complexity index is 1600. The molecule has 1 aliphatic rings. The minimum atomic E-state index is -1.11. The summed E-state index contributed by atoms with van der Waals surface area (Å²) in [6.45, 7) is 5.00. The van der Waals surface area contributed by atoms with Crippen LogP contribution < -0.4 is 15.0 Å². The Labute approximate surface area is 215 Å². The van der Waals surface area contributed by atoms with Crippen molar-refractivity contribution in [1.29, 1.82) is 0 Å². The number of benzene rings is 1. The van der Waals surface area contributed by atoms with Gasteiger partial charge in [0.15, 0.2) is 5.82 Å². The number of ether oxygens (including phenoxy) is 2. The van der Waals surface area contributed by atoms with Crippen LogP contribution in [0, 0.1) is 25.5 Å². The fourth-order valence-electron chi connectivity index (χ4n) is 4.29. The second-order valence-electron chi connectivity index (χ2n) is 9.08. The first-order valence-corrected chi connectivity index (χ1v) is 11.8. The second kappa shape index (κ2) is 9.24. The Morgan fingerprint density at radius 2 is 1.97 bits per heavy atom. The first-order valence-electron chi connectivity index (χ1n) is 11.4. The van der Waals surface area contributed by atoms with Crippen molar-refractivity contribution in [2.45, 2.75) is 33.0 Å². The summed E-state index contributed by atoms with van der Waals surface area (Å²) in [5.41, 5.74) is 1.91. The van der Waals surface area contributed by atoms with Gasteiger partial charge in [-0.05, 0) is 38.5 Å². The molecule has 1 aromatic carbocycles. The van der Waals surface area contributed by atoms with Crippen molar-refractivity contribution >= 4 is 11.6 Å². The van der Waals surface area contributed by atoms with E-state index in [0.717, 1.165) is 11.8 Å². The summed E-state index contributed by atoms with van der Waals surface area (Å²) in [7, 11) is 0. The molecular formula is C27H22ClF2N3O4. The SMILES string of the molecule is Cc1cnc(-c2cccc3c2OCC3(C)O)cc1-n1c(C)cc(OCc2ncc(F)cc2F)c(Cl)c1=O. The first kappa shape index (κ1) is 24.9. The molecule has 0 saturated heterocycles. The highest BCUT2D eigenvalue weighted by molar-refractivity contribution is 6.31. The molecule has 0 radical (unpaired) electrons. The van der Waals surface area contributed by atoms with Crippen LogP contribution in [0.25, 0.3) is 16.9 Å². The van der Waals surface area contributed by atoms with E-state index in [-0.39, 0.29) is 29.7 Å². The van der Waals surface area contributed by atoms with Crippen LogP contribution in [0.5, 0.6) is 11.5 Å². The number of para-hydroxylation sites is 1. The van der Waals surface area contributed by atoms with Gasteiger partial charge in [-0.25, -0.2) is 8.78 Å². The Balaban J connectivity index is 1.53. The Hall–Kier alpha value is -3.82. The molecule has 10 heteroatoms. The first-order chi connectivity index (χ1) is 17.6. The van der Waals surface area contributed by atoms with Gasteiger partial charge in [-0.2, -0.15) is 0 Å². The number of hydrogen-bond acceptors (Lipinski definition) is 6. The number of nitrogens with zero attached hydrogens (tertiary/aromatic N) is 3. The van der Waals surface area contributed by atoms with E-state index in [2.05, 4.69) is 9.97 Å². The van der Waals surface area contributed by atoms with Gasteiger partial charge in [-0.15, -0.1) is 0 Å². The van der Waals surface area contributed by atoms with Gasteiger partial charge in [-0.3, -0.25) is 19.3 Å². The largest absolute Gasteiger partial charge is 0.489 e. The minimum Gasteiger partial charge on any atom is -0.489 e. The third kappa shape index (κ3) is 4.45. The van der Waals surface area contributed by atoms with Crippen LogP contribution in [0.1, 0.15) is 29.4 Å². The molecule has 0 amide bonds. The molecule has 0 aliphatic carbocycles. The topological polar surface area (TPSA) is 86.5 Å². The highest BCUT2D eigenvalue weighted by Gasteiger charge is 2.35. The molecule has 4 aromatic rings. The summed E-state index contributed by atoms with van der Waals surface area (Å²) in [5.74, 6) is -1.07. The van der Waals surface area contributed by atoms with Crippen LogP contribution in [0.2, 0.25) is 5.02 Å². The number of aromatic nitrogens is 3. The van der Waals surface area contributed by atoms with Gasteiger partial charge in [0.05, 0.1) is 17.6 Å². The van der Waals surface area contributed by atoms with E-state index in [9.17, 15) is 18.7 Å². The molecule has 3 aromatic heterocycles. The number of halogens is 3. The van der Waals surface area contributed by atoms with Crippen LogP contribution in [0.15, 0.2) is 53.6 Å². The Kier molecular flexibility index (Phi) is 6.21. The van der Waals surface area contributed by atoms with Crippen molar-refractivity contribution < 1.29 is 23.4 Å². The number of aliphatic hydroxyl groups is 1. The molecule has 7 nitrogen and oxygen atoms in total. The summed E-state index contributed by atoms with van der Waals surface area (Å²) in [4.78, 5) is 21.6. The average molecular weight is 526 g/mol. The Morgan fingerprint density at radius 1 is 1.19 bits per heavy atom. The third-order valence-corrected chi connectivity index (χ3v) is 6.58. The van der Waals surface area contributed by atoms with E-state index >= 15 is 0 Å². The predicted molar refractivity (Wildman–Crippen MR) is 133 cm³/mol. The number of pyridine rings is 3. The van der Waals surface area contributed by atoms with E-state index in [1.807, 2.05) is 19.1 Å². The minimum absolute atomic E-state index is 0.0504. The van der Waals surface area contributed by atoms with Gasteiger partial charge < -0.3 is 14.6 Å². The van der Waals surface area contributed by atoms with E-state index < -0.39 is 22.8 Å². The number of rotatable bonds is 5. The van der Waals surface area contributed by atoms with Crippen LogP contribution >= 0.6 is 11.6 Å². The van der Waals surface area contributed by atoms with Gasteiger partial charge in [0.1, 0.15) is 46.8 Å². The van der Waals surface area contributed by atoms with E-state index in [1.165, 1.54) is 4.57 Å². The highest BCUT2D eigenvalue weighted by atomic mass is 35.5. The smallest absolute Gasteiger partial charge is 0.277 e. The lowest BCUT2D eigenvalue weighted by atomic mass is 9.95. The zero-order valence-electron chi connectivity index (χ0n) is 20.2. The normalized spacial score (nSPS) is 16.4. The molecule has 0 bridgehead atoms. The summed E-state index contributed by atoms with van der Waals surface area (Å²) in [5, 5.41) is 10.4. The average Bonchev–Trinajstić information content (AvgIpc) is 3.17. The molecule has 1 aliphatic heterocycles. The number of aryl methyl sites for hydroxylation is 2. The van der Waals surface area contributed by atoms with Crippen LogP contribution in [0.4, 0.5) is 8.78 Å².